The van der Waals surface area contributed by atoms with Crippen molar-refractivity contribution in [3.8, 4) is 0 Å². The summed E-state index contributed by atoms with van der Waals surface area (Å²) in [4.78, 5) is 41.1. The van der Waals surface area contributed by atoms with E-state index in [9.17, 15) is 14.4 Å². The average molecular weight is 297 g/mol. The van der Waals surface area contributed by atoms with Crippen LogP contribution in [0.15, 0.2) is 4.79 Å². The van der Waals surface area contributed by atoms with Gasteiger partial charge in [0.15, 0.2) is 6.04 Å². The van der Waals surface area contributed by atoms with Gasteiger partial charge in [-0.2, -0.15) is 0 Å². The van der Waals surface area contributed by atoms with Gasteiger partial charge in [-0.05, 0) is 20.3 Å². The number of aryl methyl sites for hydroxylation is 2. The minimum absolute atomic E-state index is 0.00214. The molecule has 1 heterocycles. The summed E-state index contributed by atoms with van der Waals surface area (Å²) < 4.78 is 4.72. The van der Waals surface area contributed by atoms with Gasteiger partial charge in [0, 0.05) is 24.8 Å². The van der Waals surface area contributed by atoms with Crippen LogP contribution in [0.5, 0.6) is 0 Å². The highest BCUT2D eigenvalue weighted by Crippen LogP contribution is 2.02. The monoisotopic (exact) mass is 297 g/mol. The fourth-order valence-corrected chi connectivity index (χ4v) is 1.89. The molecule has 0 aliphatic rings. The van der Waals surface area contributed by atoms with Crippen LogP contribution in [-0.4, -0.2) is 46.7 Å². The SMILES string of the molecule is COCC(NC(=O)CCc1c(C)nc(C)[nH]c1=O)C(=O)O. The van der Waals surface area contributed by atoms with Crippen LogP contribution in [0.1, 0.15) is 23.5 Å². The Kier molecular flexibility index (Phi) is 6.04. The molecule has 1 unspecified atom stereocenters. The number of nitrogens with zero attached hydrogens (tertiary/aromatic N) is 1. The summed E-state index contributed by atoms with van der Waals surface area (Å²) >= 11 is 0. The normalized spacial score (nSPS) is 12.0. The van der Waals surface area contributed by atoms with Gasteiger partial charge >= 0.3 is 5.97 Å². The van der Waals surface area contributed by atoms with Gasteiger partial charge in [-0.25, -0.2) is 9.78 Å². The predicted octanol–water partition coefficient (Wildman–Crippen LogP) is -0.465. The summed E-state index contributed by atoms with van der Waals surface area (Å²) in [6.45, 7) is 3.25. The molecule has 0 aliphatic carbocycles. The molecule has 0 aromatic carbocycles. The number of nitrogens with one attached hydrogen (secondary N) is 2. The molecule has 21 heavy (non-hydrogen) atoms. The van der Waals surface area contributed by atoms with Gasteiger partial charge in [0.2, 0.25) is 5.91 Å². The Morgan fingerprint density at radius 1 is 1.43 bits per heavy atom. The third kappa shape index (κ3) is 4.99. The summed E-state index contributed by atoms with van der Waals surface area (Å²) in [5.41, 5.74) is 0.713. The first-order chi connectivity index (χ1) is 9.85. The van der Waals surface area contributed by atoms with Crippen LogP contribution >= 0.6 is 0 Å². The first-order valence-corrected chi connectivity index (χ1v) is 6.42. The first-order valence-electron chi connectivity index (χ1n) is 6.42. The number of carbonyl (C=O) groups excluding carboxylic acids is 1. The molecule has 0 aliphatic heterocycles. The molecule has 1 atom stereocenters. The lowest BCUT2D eigenvalue weighted by atomic mass is 10.1. The van der Waals surface area contributed by atoms with Crippen LogP contribution in [0.25, 0.3) is 0 Å². The van der Waals surface area contributed by atoms with Crippen LogP contribution in [-0.2, 0) is 20.7 Å². The van der Waals surface area contributed by atoms with Crippen molar-refractivity contribution in [3.05, 3.63) is 27.4 Å². The molecule has 116 valence electrons. The summed E-state index contributed by atoms with van der Waals surface area (Å²) in [6.07, 6.45) is 0.196. The van der Waals surface area contributed by atoms with Gasteiger partial charge in [-0.15, -0.1) is 0 Å². The standard InChI is InChI=1S/C13H19N3O5/c1-7-9(12(18)15-8(2)14-7)4-5-11(17)16-10(6-21-3)13(19)20/h10H,4-6H2,1-3H3,(H,16,17)(H,19,20)(H,14,15,18). The van der Waals surface area contributed by atoms with Crippen LogP contribution in [0.2, 0.25) is 0 Å². The fraction of sp³-hybridized carbons (Fsp3) is 0.538. The number of amides is 1. The number of carboxylic acids is 1. The van der Waals surface area contributed by atoms with E-state index in [2.05, 4.69) is 15.3 Å². The quantitative estimate of drug-likeness (QED) is 0.626. The average Bonchev–Trinajstić information content (AvgIpc) is 2.36. The van der Waals surface area contributed by atoms with Crippen molar-refractivity contribution in [1.82, 2.24) is 15.3 Å². The van der Waals surface area contributed by atoms with Crippen molar-refractivity contribution in [2.24, 2.45) is 0 Å². The second-order valence-corrected chi connectivity index (χ2v) is 4.63. The lowest BCUT2D eigenvalue weighted by Crippen LogP contribution is -2.44. The number of ether oxygens (including phenoxy) is 1. The van der Waals surface area contributed by atoms with Gasteiger partial charge in [0.1, 0.15) is 5.82 Å². The number of rotatable bonds is 7. The number of hydrogen-bond donors (Lipinski definition) is 3. The number of aromatic nitrogens is 2. The molecule has 1 rings (SSSR count). The largest absolute Gasteiger partial charge is 0.480 e. The molecule has 0 saturated carbocycles. The topological polar surface area (TPSA) is 121 Å². The Bertz CT molecular complexity index is 582. The number of H-pyrrole nitrogens is 1. The summed E-state index contributed by atoms with van der Waals surface area (Å²) in [5.74, 6) is -1.12. The van der Waals surface area contributed by atoms with Gasteiger partial charge in [-0.1, -0.05) is 0 Å². The van der Waals surface area contributed by atoms with Crippen molar-refractivity contribution >= 4 is 11.9 Å². The van der Waals surface area contributed by atoms with Gasteiger partial charge in [-0.3, -0.25) is 9.59 Å². The predicted molar refractivity (Wildman–Crippen MR) is 74.1 cm³/mol. The van der Waals surface area contributed by atoms with Crippen molar-refractivity contribution in [2.75, 3.05) is 13.7 Å². The molecule has 8 heteroatoms. The zero-order chi connectivity index (χ0) is 16.0. The molecule has 0 spiro atoms. The maximum atomic E-state index is 11.8. The van der Waals surface area contributed by atoms with Crippen molar-refractivity contribution in [2.45, 2.75) is 32.7 Å². The van der Waals surface area contributed by atoms with E-state index in [1.165, 1.54) is 7.11 Å². The third-order valence-corrected chi connectivity index (χ3v) is 2.91. The molecule has 1 amide bonds. The molecule has 3 N–H and O–H groups in total. The second kappa shape index (κ2) is 7.53. The molecule has 1 aromatic heterocycles. The number of carbonyl (C=O) groups is 2. The third-order valence-electron chi connectivity index (χ3n) is 2.91. The molecule has 0 fully saturated rings. The molecule has 1 aromatic rings. The van der Waals surface area contributed by atoms with Crippen molar-refractivity contribution in [1.29, 1.82) is 0 Å². The van der Waals surface area contributed by atoms with E-state index >= 15 is 0 Å². The molecular formula is C13H19N3O5. The van der Waals surface area contributed by atoms with Crippen molar-refractivity contribution in [3.63, 3.8) is 0 Å². The number of hydrogen-bond acceptors (Lipinski definition) is 5. The lowest BCUT2D eigenvalue weighted by molar-refractivity contribution is -0.143. The molecule has 0 radical (unpaired) electrons. The highest BCUT2D eigenvalue weighted by molar-refractivity contribution is 5.83. The highest BCUT2D eigenvalue weighted by atomic mass is 16.5. The van der Waals surface area contributed by atoms with Crippen molar-refractivity contribution < 1.29 is 19.4 Å². The van der Waals surface area contributed by atoms with E-state index in [1.54, 1.807) is 13.8 Å². The zero-order valence-corrected chi connectivity index (χ0v) is 12.2. The second-order valence-electron chi connectivity index (χ2n) is 4.63. The highest BCUT2D eigenvalue weighted by Gasteiger charge is 2.19. The number of aliphatic carboxylic acids is 1. The smallest absolute Gasteiger partial charge is 0.328 e. The van der Waals surface area contributed by atoms with Crippen LogP contribution < -0.4 is 10.9 Å². The summed E-state index contributed by atoms with van der Waals surface area (Å²) in [5, 5.41) is 11.2. The zero-order valence-electron chi connectivity index (χ0n) is 12.2. The first kappa shape index (κ1) is 16.8. The van der Waals surface area contributed by atoms with E-state index in [1.807, 2.05) is 0 Å². The Hall–Kier alpha value is -2.22. The Balaban J connectivity index is 2.65. The Morgan fingerprint density at radius 3 is 2.62 bits per heavy atom. The van der Waals surface area contributed by atoms with Gasteiger partial charge in [0.05, 0.1) is 6.61 Å². The number of aromatic amines is 1. The molecule has 0 saturated heterocycles. The van der Waals surface area contributed by atoms with Gasteiger partial charge < -0.3 is 20.1 Å². The maximum absolute atomic E-state index is 11.8. The maximum Gasteiger partial charge on any atom is 0.328 e. The van der Waals surface area contributed by atoms with Crippen LogP contribution in [0, 0.1) is 13.8 Å². The minimum Gasteiger partial charge on any atom is -0.480 e. The van der Waals surface area contributed by atoms with E-state index in [0.717, 1.165) is 0 Å². The minimum atomic E-state index is -1.17. The summed E-state index contributed by atoms with van der Waals surface area (Å²) in [6, 6.07) is -1.10. The van der Waals surface area contributed by atoms with E-state index in [0.29, 0.717) is 17.1 Å². The molecular weight excluding hydrogens is 278 g/mol. The van der Waals surface area contributed by atoms with E-state index < -0.39 is 17.9 Å². The lowest BCUT2D eigenvalue weighted by Gasteiger charge is -2.13. The van der Waals surface area contributed by atoms with E-state index in [4.69, 9.17) is 9.84 Å². The Morgan fingerprint density at radius 2 is 2.10 bits per heavy atom. The number of carboxylic acid groups (broad SMARTS) is 1. The van der Waals surface area contributed by atoms with Gasteiger partial charge in [0.25, 0.3) is 5.56 Å². The number of methoxy groups -OCH3 is 1. The molecule has 0 bridgehead atoms. The van der Waals surface area contributed by atoms with E-state index in [-0.39, 0.29) is 25.0 Å². The van der Waals surface area contributed by atoms with Crippen LogP contribution in [0.4, 0.5) is 0 Å². The summed E-state index contributed by atoms with van der Waals surface area (Å²) in [7, 11) is 1.35. The molecule has 8 nitrogen and oxygen atoms in total. The van der Waals surface area contributed by atoms with Crippen LogP contribution in [0.3, 0.4) is 0 Å². The fourth-order valence-electron chi connectivity index (χ4n) is 1.89. The Labute approximate surface area is 121 Å².